The van der Waals surface area contributed by atoms with Crippen LogP contribution in [-0.2, 0) is 4.79 Å². The van der Waals surface area contributed by atoms with Crippen molar-refractivity contribution in [3.63, 3.8) is 0 Å². The summed E-state index contributed by atoms with van der Waals surface area (Å²) in [5.74, 6) is 1.56. The maximum atomic E-state index is 12.2. The summed E-state index contributed by atoms with van der Waals surface area (Å²) < 4.78 is 17.8. The van der Waals surface area contributed by atoms with Gasteiger partial charge in [-0.05, 0) is 52.3 Å². The van der Waals surface area contributed by atoms with Crippen LogP contribution in [0.5, 0.6) is 17.2 Å². The predicted octanol–water partition coefficient (Wildman–Crippen LogP) is 5.37. The van der Waals surface area contributed by atoms with Crippen LogP contribution in [0.3, 0.4) is 0 Å². The molecule has 0 aliphatic rings. The molecule has 0 fully saturated rings. The van der Waals surface area contributed by atoms with Gasteiger partial charge >= 0.3 is 0 Å². The van der Waals surface area contributed by atoms with Gasteiger partial charge in [0.15, 0.2) is 23.2 Å². The highest BCUT2D eigenvalue weighted by atomic mass is 79.9. The number of hydrogen-bond donors (Lipinski definition) is 1. The highest BCUT2D eigenvalue weighted by molar-refractivity contribution is 9.11. The first kappa shape index (κ1) is 20.6. The molecule has 1 aromatic heterocycles. The van der Waals surface area contributed by atoms with Crippen molar-refractivity contribution in [2.75, 3.05) is 26.1 Å². The van der Waals surface area contributed by atoms with Crippen molar-refractivity contribution < 1.29 is 19.0 Å². The van der Waals surface area contributed by atoms with Crippen molar-refractivity contribution in [3.05, 3.63) is 50.7 Å². The van der Waals surface area contributed by atoms with Crippen LogP contribution in [0, 0.1) is 0 Å². The van der Waals surface area contributed by atoms with Gasteiger partial charge in [-0.1, -0.05) is 15.9 Å². The normalized spacial score (nSPS) is 10.4. The fourth-order valence-corrected chi connectivity index (χ4v) is 4.25. The Bertz CT molecular complexity index is 994. The maximum Gasteiger partial charge on any atom is 0.264 e. The van der Waals surface area contributed by atoms with E-state index in [1.165, 1.54) is 11.3 Å². The number of ether oxygens (including phenoxy) is 3. The second-order valence-corrected chi connectivity index (χ2v) is 8.15. The van der Waals surface area contributed by atoms with Crippen LogP contribution < -0.4 is 19.5 Å². The molecule has 0 bridgehead atoms. The summed E-state index contributed by atoms with van der Waals surface area (Å²) >= 11 is 8.11. The van der Waals surface area contributed by atoms with Gasteiger partial charge < -0.3 is 14.2 Å². The molecule has 3 aromatic rings. The number of benzene rings is 2. The Morgan fingerprint density at radius 1 is 1.07 bits per heavy atom. The number of nitrogens with one attached hydrogen (secondary N) is 1. The number of anilines is 1. The molecule has 1 N–H and O–H groups in total. The average Bonchev–Trinajstić information content (AvgIpc) is 3.15. The first-order valence-electron chi connectivity index (χ1n) is 8.05. The van der Waals surface area contributed by atoms with E-state index in [1.807, 2.05) is 35.7 Å². The van der Waals surface area contributed by atoms with Crippen LogP contribution in [0.1, 0.15) is 0 Å². The third kappa shape index (κ3) is 5.03. The van der Waals surface area contributed by atoms with Gasteiger partial charge in [-0.3, -0.25) is 10.1 Å². The van der Waals surface area contributed by atoms with Gasteiger partial charge in [-0.25, -0.2) is 4.98 Å². The zero-order chi connectivity index (χ0) is 20.1. The standard InChI is InChI=1S/C19H16Br2N2O4S/c1-25-16-5-3-11(7-17(16)26-2)14-10-28-19(22-14)23-18(24)9-27-15-6-4-12(20)8-13(15)21/h3-8,10H,9H2,1-2H3,(H,22,23,24). The summed E-state index contributed by atoms with van der Waals surface area (Å²) in [6, 6.07) is 11.0. The zero-order valence-electron chi connectivity index (χ0n) is 15.0. The van der Waals surface area contributed by atoms with Gasteiger partial charge in [0.05, 0.1) is 24.4 Å². The zero-order valence-corrected chi connectivity index (χ0v) is 19.0. The molecule has 1 amide bonds. The smallest absolute Gasteiger partial charge is 0.264 e. The minimum Gasteiger partial charge on any atom is -0.493 e. The molecule has 0 radical (unpaired) electrons. The SMILES string of the molecule is COc1ccc(-c2csc(NC(=O)COc3ccc(Br)cc3Br)n2)cc1OC. The minimum atomic E-state index is -0.289. The lowest BCUT2D eigenvalue weighted by molar-refractivity contribution is -0.118. The third-order valence-corrected chi connectivity index (χ3v) is 5.55. The Balaban J connectivity index is 1.63. The highest BCUT2D eigenvalue weighted by Crippen LogP contribution is 2.33. The van der Waals surface area contributed by atoms with Gasteiger partial charge in [0.25, 0.3) is 5.91 Å². The van der Waals surface area contributed by atoms with Crippen LogP contribution in [0.4, 0.5) is 5.13 Å². The lowest BCUT2D eigenvalue weighted by Gasteiger charge is -2.08. The minimum absolute atomic E-state index is 0.120. The lowest BCUT2D eigenvalue weighted by Crippen LogP contribution is -2.20. The highest BCUT2D eigenvalue weighted by Gasteiger charge is 2.12. The topological polar surface area (TPSA) is 69.7 Å². The van der Waals surface area contributed by atoms with E-state index in [-0.39, 0.29) is 12.5 Å². The summed E-state index contributed by atoms with van der Waals surface area (Å²) in [6.45, 7) is -0.120. The van der Waals surface area contributed by atoms with E-state index in [0.717, 1.165) is 20.2 Å². The number of carbonyl (C=O) groups excluding carboxylic acids is 1. The van der Waals surface area contributed by atoms with Crippen molar-refractivity contribution in [2.24, 2.45) is 0 Å². The molecule has 0 aliphatic carbocycles. The molecule has 1 heterocycles. The van der Waals surface area contributed by atoms with E-state index in [9.17, 15) is 4.79 Å². The fourth-order valence-electron chi connectivity index (χ4n) is 2.35. The Morgan fingerprint density at radius 3 is 2.54 bits per heavy atom. The van der Waals surface area contributed by atoms with Gasteiger partial charge in [0, 0.05) is 15.4 Å². The van der Waals surface area contributed by atoms with E-state index in [2.05, 4.69) is 42.2 Å². The quantitative estimate of drug-likeness (QED) is 0.447. The van der Waals surface area contributed by atoms with Crippen molar-refractivity contribution in [3.8, 4) is 28.5 Å². The molecule has 0 unspecified atom stereocenters. The molecule has 0 saturated heterocycles. The molecule has 0 spiro atoms. The van der Waals surface area contributed by atoms with Crippen LogP contribution in [-0.4, -0.2) is 31.7 Å². The average molecular weight is 528 g/mol. The summed E-state index contributed by atoms with van der Waals surface area (Å²) in [5.41, 5.74) is 1.60. The van der Waals surface area contributed by atoms with Crippen molar-refractivity contribution in [1.29, 1.82) is 0 Å². The van der Waals surface area contributed by atoms with Crippen LogP contribution in [0.2, 0.25) is 0 Å². The number of rotatable bonds is 7. The number of carbonyl (C=O) groups is 1. The Morgan fingerprint density at radius 2 is 1.82 bits per heavy atom. The van der Waals surface area contributed by atoms with Crippen molar-refractivity contribution in [2.45, 2.75) is 0 Å². The van der Waals surface area contributed by atoms with Gasteiger partial charge in [0.2, 0.25) is 0 Å². The monoisotopic (exact) mass is 526 g/mol. The third-order valence-electron chi connectivity index (χ3n) is 3.68. The largest absolute Gasteiger partial charge is 0.493 e. The summed E-state index contributed by atoms with van der Waals surface area (Å²) in [4.78, 5) is 16.6. The van der Waals surface area contributed by atoms with Crippen molar-refractivity contribution in [1.82, 2.24) is 4.98 Å². The summed E-state index contributed by atoms with van der Waals surface area (Å²) in [5, 5.41) is 5.11. The molecule has 2 aromatic carbocycles. The predicted molar refractivity (Wildman–Crippen MR) is 117 cm³/mol. The molecule has 0 atom stereocenters. The number of methoxy groups -OCH3 is 2. The summed E-state index contributed by atoms with van der Waals surface area (Å²) in [7, 11) is 3.17. The molecule has 28 heavy (non-hydrogen) atoms. The molecular weight excluding hydrogens is 512 g/mol. The molecule has 146 valence electrons. The van der Waals surface area contributed by atoms with E-state index < -0.39 is 0 Å². The number of hydrogen-bond acceptors (Lipinski definition) is 6. The second-order valence-electron chi connectivity index (χ2n) is 5.52. The number of nitrogens with zero attached hydrogens (tertiary/aromatic N) is 1. The second kappa shape index (κ2) is 9.40. The Hall–Kier alpha value is -2.10. The fraction of sp³-hybridized carbons (Fsp3) is 0.158. The van der Waals surface area contributed by atoms with E-state index in [1.54, 1.807) is 20.3 Å². The molecule has 0 saturated carbocycles. The Labute approximate surface area is 183 Å². The van der Waals surface area contributed by atoms with E-state index in [0.29, 0.717) is 22.4 Å². The van der Waals surface area contributed by atoms with Crippen LogP contribution >= 0.6 is 43.2 Å². The first-order chi connectivity index (χ1) is 13.5. The van der Waals surface area contributed by atoms with Gasteiger partial charge in [0.1, 0.15) is 5.75 Å². The molecule has 9 heteroatoms. The number of aromatic nitrogens is 1. The number of thiazole rings is 1. The van der Waals surface area contributed by atoms with Crippen LogP contribution in [0.15, 0.2) is 50.7 Å². The number of amides is 1. The lowest BCUT2D eigenvalue weighted by atomic mass is 10.1. The maximum absolute atomic E-state index is 12.2. The molecule has 6 nitrogen and oxygen atoms in total. The van der Waals surface area contributed by atoms with Gasteiger partial charge in [-0.15, -0.1) is 11.3 Å². The molecule has 0 aliphatic heterocycles. The Kier molecular flexibility index (Phi) is 6.93. The summed E-state index contributed by atoms with van der Waals surface area (Å²) in [6.07, 6.45) is 0. The molecular formula is C19H16Br2N2O4S. The van der Waals surface area contributed by atoms with E-state index in [4.69, 9.17) is 14.2 Å². The molecule has 3 rings (SSSR count). The number of halogens is 2. The van der Waals surface area contributed by atoms with E-state index >= 15 is 0 Å². The van der Waals surface area contributed by atoms with Crippen molar-refractivity contribution >= 4 is 54.2 Å². The van der Waals surface area contributed by atoms with Crippen LogP contribution in [0.25, 0.3) is 11.3 Å². The van der Waals surface area contributed by atoms with Gasteiger partial charge in [-0.2, -0.15) is 0 Å². The first-order valence-corrected chi connectivity index (χ1v) is 10.5.